The maximum atomic E-state index is 6.26. The molecule has 0 aromatic heterocycles. The molecule has 2 N–H and O–H groups in total. The van der Waals surface area contributed by atoms with Crippen LogP contribution in [0.2, 0.25) is 5.02 Å². The van der Waals surface area contributed by atoms with Crippen molar-refractivity contribution in [2.24, 2.45) is 11.7 Å². The first-order chi connectivity index (χ1) is 8.39. The molecule has 100 valence electrons. The summed E-state index contributed by atoms with van der Waals surface area (Å²) in [5, 5.41) is 0.721. The Hall–Kier alpha value is -0.730. The molecule has 2 atom stereocenters. The number of rotatable bonds is 3. The molecular weight excluding hydrogens is 246 g/mol. The lowest BCUT2D eigenvalue weighted by molar-refractivity contribution is 0.0405. The second kappa shape index (κ2) is 5.10. The summed E-state index contributed by atoms with van der Waals surface area (Å²) in [4.78, 5) is 0. The fourth-order valence-corrected chi connectivity index (χ4v) is 2.71. The van der Waals surface area contributed by atoms with E-state index in [-0.39, 0.29) is 11.6 Å². The predicted molar refractivity (Wildman–Crippen MR) is 76.1 cm³/mol. The van der Waals surface area contributed by atoms with Crippen molar-refractivity contribution in [3.8, 4) is 5.75 Å². The molecule has 2 nitrogen and oxygen atoms in total. The lowest BCUT2D eigenvalue weighted by Crippen LogP contribution is -2.40. The van der Waals surface area contributed by atoms with Crippen molar-refractivity contribution in [3.05, 3.63) is 28.8 Å². The van der Waals surface area contributed by atoms with Gasteiger partial charge in [-0.3, -0.25) is 0 Å². The molecular formula is C15H22ClNO. The van der Waals surface area contributed by atoms with Crippen molar-refractivity contribution in [1.29, 1.82) is 0 Å². The highest BCUT2D eigenvalue weighted by Crippen LogP contribution is 2.41. The van der Waals surface area contributed by atoms with Crippen LogP contribution in [-0.4, -0.2) is 5.60 Å². The highest BCUT2D eigenvalue weighted by molar-refractivity contribution is 6.30. The summed E-state index contributed by atoms with van der Waals surface area (Å²) in [5.74, 6) is 1.58. The Balaban J connectivity index is 2.19. The van der Waals surface area contributed by atoms with E-state index in [2.05, 4.69) is 20.8 Å². The first kappa shape index (κ1) is 13.7. The summed E-state index contributed by atoms with van der Waals surface area (Å²) >= 11 is 6.00. The molecule has 1 aliphatic rings. The van der Waals surface area contributed by atoms with E-state index in [1.165, 1.54) is 0 Å². The molecule has 0 bridgehead atoms. The largest absolute Gasteiger partial charge is 0.487 e. The van der Waals surface area contributed by atoms with Gasteiger partial charge in [0.05, 0.1) is 0 Å². The predicted octanol–water partition coefficient (Wildman–Crippen LogP) is 4.32. The number of halogens is 1. The van der Waals surface area contributed by atoms with Gasteiger partial charge in [0.15, 0.2) is 0 Å². The Bertz CT molecular complexity index is 433. The van der Waals surface area contributed by atoms with Crippen molar-refractivity contribution >= 4 is 11.6 Å². The van der Waals surface area contributed by atoms with E-state index in [1.54, 1.807) is 0 Å². The molecule has 1 aromatic carbocycles. The monoisotopic (exact) mass is 267 g/mol. The second-order valence-electron chi connectivity index (χ2n) is 5.98. The van der Waals surface area contributed by atoms with E-state index in [0.29, 0.717) is 5.92 Å². The average Bonchev–Trinajstić information content (AvgIpc) is 2.28. The minimum absolute atomic E-state index is 0.0182. The van der Waals surface area contributed by atoms with E-state index in [1.807, 2.05) is 18.2 Å². The van der Waals surface area contributed by atoms with Gasteiger partial charge in [0, 0.05) is 23.0 Å². The van der Waals surface area contributed by atoms with E-state index in [4.69, 9.17) is 22.1 Å². The quantitative estimate of drug-likeness (QED) is 0.885. The van der Waals surface area contributed by atoms with E-state index >= 15 is 0 Å². The van der Waals surface area contributed by atoms with Gasteiger partial charge in [0.2, 0.25) is 0 Å². The van der Waals surface area contributed by atoms with E-state index in [9.17, 15) is 0 Å². The smallest absolute Gasteiger partial charge is 0.125 e. The van der Waals surface area contributed by atoms with Crippen LogP contribution < -0.4 is 10.5 Å². The van der Waals surface area contributed by atoms with Crippen LogP contribution in [0.4, 0.5) is 0 Å². The average molecular weight is 268 g/mol. The third kappa shape index (κ3) is 2.99. The molecule has 1 aromatic rings. The fraction of sp³-hybridized carbons (Fsp3) is 0.600. The Morgan fingerprint density at radius 2 is 2.22 bits per heavy atom. The Labute approximate surface area is 114 Å². The van der Waals surface area contributed by atoms with E-state index in [0.717, 1.165) is 35.6 Å². The van der Waals surface area contributed by atoms with Gasteiger partial charge < -0.3 is 10.5 Å². The zero-order valence-electron chi connectivity index (χ0n) is 11.4. The van der Waals surface area contributed by atoms with E-state index < -0.39 is 0 Å². The minimum atomic E-state index is -0.148. The van der Waals surface area contributed by atoms with Gasteiger partial charge in [-0.1, -0.05) is 25.4 Å². The molecule has 0 saturated heterocycles. The molecule has 2 rings (SSSR count). The third-order valence-electron chi connectivity index (χ3n) is 3.63. The topological polar surface area (TPSA) is 35.2 Å². The number of nitrogens with two attached hydrogens (primary N) is 1. The molecule has 0 aliphatic carbocycles. The number of benzene rings is 1. The molecule has 0 radical (unpaired) electrons. The molecule has 3 heteroatoms. The number of fused-ring (bicyclic) bond motifs is 1. The van der Waals surface area contributed by atoms with Crippen LogP contribution in [0, 0.1) is 5.92 Å². The van der Waals surface area contributed by atoms with Crippen LogP contribution in [0.15, 0.2) is 18.2 Å². The first-order valence-corrected chi connectivity index (χ1v) is 7.01. The molecule has 1 unspecified atom stereocenters. The molecule has 0 amide bonds. The van der Waals surface area contributed by atoms with Gasteiger partial charge in [-0.05, 0) is 43.9 Å². The summed E-state index contributed by atoms with van der Waals surface area (Å²) in [6.45, 7) is 6.63. The van der Waals surface area contributed by atoms with Crippen LogP contribution >= 0.6 is 11.6 Å². The van der Waals surface area contributed by atoms with Crippen molar-refractivity contribution < 1.29 is 4.74 Å². The van der Waals surface area contributed by atoms with Crippen LogP contribution in [0.1, 0.15) is 51.6 Å². The SMILES string of the molecule is CC(C)CCC1(C)C[C@@H](N)c2cc(Cl)ccc2O1. The summed E-state index contributed by atoms with van der Waals surface area (Å²) < 4.78 is 6.16. The lowest BCUT2D eigenvalue weighted by Gasteiger charge is -2.39. The number of ether oxygens (including phenoxy) is 1. The first-order valence-electron chi connectivity index (χ1n) is 6.64. The van der Waals surface area contributed by atoms with Gasteiger partial charge in [-0.25, -0.2) is 0 Å². The molecule has 1 aliphatic heterocycles. The van der Waals surface area contributed by atoms with Crippen molar-refractivity contribution in [2.45, 2.75) is 51.7 Å². The summed E-state index contributed by atoms with van der Waals surface area (Å²) in [5.41, 5.74) is 7.14. The molecule has 1 heterocycles. The summed E-state index contributed by atoms with van der Waals surface area (Å²) in [6.07, 6.45) is 3.06. The van der Waals surface area contributed by atoms with Gasteiger partial charge in [0.1, 0.15) is 11.4 Å². The Kier molecular flexibility index (Phi) is 3.88. The van der Waals surface area contributed by atoms with Crippen molar-refractivity contribution in [1.82, 2.24) is 0 Å². The van der Waals surface area contributed by atoms with Crippen LogP contribution in [-0.2, 0) is 0 Å². The highest BCUT2D eigenvalue weighted by atomic mass is 35.5. The molecule has 0 spiro atoms. The van der Waals surface area contributed by atoms with Crippen molar-refractivity contribution in [2.75, 3.05) is 0 Å². The molecule has 0 saturated carbocycles. The second-order valence-corrected chi connectivity index (χ2v) is 6.41. The maximum absolute atomic E-state index is 6.26. The van der Waals surface area contributed by atoms with Crippen molar-refractivity contribution in [3.63, 3.8) is 0 Å². The maximum Gasteiger partial charge on any atom is 0.125 e. The lowest BCUT2D eigenvalue weighted by atomic mass is 9.84. The minimum Gasteiger partial charge on any atom is -0.487 e. The number of hydrogen-bond acceptors (Lipinski definition) is 2. The fourth-order valence-electron chi connectivity index (χ4n) is 2.53. The van der Waals surface area contributed by atoms with Crippen LogP contribution in [0.25, 0.3) is 0 Å². The van der Waals surface area contributed by atoms with Gasteiger partial charge in [-0.15, -0.1) is 0 Å². The Morgan fingerprint density at radius 1 is 1.50 bits per heavy atom. The zero-order valence-corrected chi connectivity index (χ0v) is 12.1. The molecule has 18 heavy (non-hydrogen) atoms. The zero-order chi connectivity index (χ0) is 13.3. The summed E-state index contributed by atoms with van der Waals surface area (Å²) in [6, 6.07) is 5.74. The normalized spacial score (nSPS) is 26.9. The number of hydrogen-bond donors (Lipinski definition) is 1. The van der Waals surface area contributed by atoms with Gasteiger partial charge in [0.25, 0.3) is 0 Å². The standard InChI is InChI=1S/C15H22ClNO/c1-10(2)6-7-15(3)9-13(17)12-8-11(16)4-5-14(12)18-15/h4-5,8,10,13H,6-7,9,17H2,1-3H3/t13-,15?/m1/s1. The van der Waals surface area contributed by atoms with Crippen LogP contribution in [0.5, 0.6) is 5.75 Å². The third-order valence-corrected chi connectivity index (χ3v) is 3.86. The summed E-state index contributed by atoms with van der Waals surface area (Å²) in [7, 11) is 0. The Morgan fingerprint density at radius 3 is 2.89 bits per heavy atom. The highest BCUT2D eigenvalue weighted by Gasteiger charge is 2.35. The molecule has 0 fully saturated rings. The van der Waals surface area contributed by atoms with Gasteiger partial charge in [-0.2, -0.15) is 0 Å². The van der Waals surface area contributed by atoms with Gasteiger partial charge >= 0.3 is 0 Å². The van der Waals surface area contributed by atoms with Crippen LogP contribution in [0.3, 0.4) is 0 Å².